The summed E-state index contributed by atoms with van der Waals surface area (Å²) in [7, 11) is 3.32. The largest absolute Gasteiger partial charge is 0.434 e. The summed E-state index contributed by atoms with van der Waals surface area (Å²) in [6, 6.07) is 6.46. The topological polar surface area (TPSA) is 66.0 Å². The smallest absolute Gasteiger partial charge is 0.387 e. The lowest BCUT2D eigenvalue weighted by molar-refractivity contribution is -0.127. The van der Waals surface area contributed by atoms with E-state index < -0.39 is 6.61 Å². The van der Waals surface area contributed by atoms with E-state index in [0.717, 1.165) is 0 Å². The van der Waals surface area contributed by atoms with Crippen LogP contribution >= 0.6 is 24.0 Å². The normalized spacial score (nSPS) is 10.8. The fourth-order valence-corrected chi connectivity index (χ4v) is 1.67. The minimum Gasteiger partial charge on any atom is -0.434 e. The number of para-hydroxylation sites is 1. The van der Waals surface area contributed by atoms with Crippen LogP contribution < -0.4 is 15.4 Å². The number of amides is 1. The number of rotatable bonds is 7. The second-order valence-corrected chi connectivity index (χ2v) is 4.82. The summed E-state index contributed by atoms with van der Waals surface area (Å²) in [6.07, 6.45) is 0. The quantitative estimate of drug-likeness (QED) is 0.375. The number of guanidine groups is 1. The molecule has 0 bridgehead atoms. The number of nitrogens with zero attached hydrogens (tertiary/aromatic N) is 2. The van der Waals surface area contributed by atoms with Crippen LogP contribution in [-0.4, -0.2) is 50.6 Å². The van der Waals surface area contributed by atoms with Gasteiger partial charge in [-0.2, -0.15) is 8.78 Å². The number of carbonyl (C=O) groups excluding carboxylic acids is 1. The van der Waals surface area contributed by atoms with E-state index in [9.17, 15) is 13.6 Å². The summed E-state index contributed by atoms with van der Waals surface area (Å²) in [5.41, 5.74) is 0.531. The van der Waals surface area contributed by atoms with Crippen molar-refractivity contribution in [3.05, 3.63) is 29.8 Å². The number of halogens is 3. The fraction of sp³-hybridized carbons (Fsp3) is 0.467. The molecule has 136 valence electrons. The van der Waals surface area contributed by atoms with Gasteiger partial charge >= 0.3 is 6.61 Å². The maximum absolute atomic E-state index is 12.4. The molecule has 0 saturated heterocycles. The lowest BCUT2D eigenvalue weighted by atomic mass is 10.2. The van der Waals surface area contributed by atoms with Gasteiger partial charge in [-0.05, 0) is 13.0 Å². The molecule has 0 unspecified atom stereocenters. The molecule has 2 N–H and O–H groups in total. The summed E-state index contributed by atoms with van der Waals surface area (Å²) in [5, 5.41) is 5.88. The molecular weight excluding hydrogens is 433 g/mol. The van der Waals surface area contributed by atoms with Gasteiger partial charge in [0.1, 0.15) is 5.75 Å². The van der Waals surface area contributed by atoms with Gasteiger partial charge in [0.15, 0.2) is 5.96 Å². The number of benzene rings is 1. The zero-order valence-electron chi connectivity index (χ0n) is 13.9. The van der Waals surface area contributed by atoms with Gasteiger partial charge in [0.05, 0.1) is 13.1 Å². The molecule has 1 amide bonds. The maximum atomic E-state index is 12.4. The molecule has 1 aromatic carbocycles. The second-order valence-electron chi connectivity index (χ2n) is 4.82. The van der Waals surface area contributed by atoms with Crippen molar-refractivity contribution in [1.82, 2.24) is 15.5 Å². The highest BCUT2D eigenvalue weighted by molar-refractivity contribution is 14.0. The highest BCUT2D eigenvalue weighted by Gasteiger charge is 2.09. The third-order valence-corrected chi connectivity index (χ3v) is 2.85. The Morgan fingerprint density at radius 1 is 1.29 bits per heavy atom. The van der Waals surface area contributed by atoms with Crippen LogP contribution in [0.5, 0.6) is 5.75 Å². The van der Waals surface area contributed by atoms with Crippen molar-refractivity contribution in [1.29, 1.82) is 0 Å². The molecule has 9 heteroatoms. The van der Waals surface area contributed by atoms with E-state index in [1.165, 1.54) is 11.0 Å². The van der Waals surface area contributed by atoms with Crippen molar-refractivity contribution in [2.75, 3.05) is 27.2 Å². The number of alkyl halides is 2. The molecule has 0 aliphatic rings. The van der Waals surface area contributed by atoms with E-state index in [4.69, 9.17) is 0 Å². The molecule has 0 atom stereocenters. The monoisotopic (exact) mass is 456 g/mol. The second kappa shape index (κ2) is 11.8. The molecule has 1 aromatic rings. The zero-order valence-corrected chi connectivity index (χ0v) is 16.2. The number of likely N-dealkylation sites (N-methyl/N-ethyl adjacent to an activating group) is 1. The van der Waals surface area contributed by atoms with Crippen molar-refractivity contribution in [2.45, 2.75) is 20.1 Å². The SMILES string of the molecule is CCNC(=NCc1ccccc1OC(F)F)NCC(=O)N(C)C.I. The van der Waals surface area contributed by atoms with E-state index in [1.54, 1.807) is 32.3 Å². The predicted molar refractivity (Wildman–Crippen MR) is 100 cm³/mol. The Morgan fingerprint density at radius 3 is 2.54 bits per heavy atom. The van der Waals surface area contributed by atoms with Crippen LogP contribution in [0.25, 0.3) is 0 Å². The van der Waals surface area contributed by atoms with E-state index in [0.29, 0.717) is 18.1 Å². The number of hydrogen-bond acceptors (Lipinski definition) is 3. The first kappa shape index (κ1) is 22.4. The van der Waals surface area contributed by atoms with Crippen molar-refractivity contribution >= 4 is 35.8 Å². The third kappa shape index (κ3) is 8.27. The molecule has 0 heterocycles. The van der Waals surface area contributed by atoms with Gasteiger partial charge in [-0.1, -0.05) is 18.2 Å². The van der Waals surface area contributed by atoms with Gasteiger partial charge in [0, 0.05) is 26.2 Å². The van der Waals surface area contributed by atoms with Crippen LogP contribution in [0.4, 0.5) is 8.78 Å². The number of aliphatic imine (C=N–C) groups is 1. The average Bonchev–Trinajstić information content (AvgIpc) is 2.50. The van der Waals surface area contributed by atoms with Gasteiger partial charge < -0.3 is 20.3 Å². The first-order valence-electron chi connectivity index (χ1n) is 7.19. The molecular formula is C15H23F2IN4O2. The standard InChI is InChI=1S/C15H22F2N4O2.HI/c1-4-18-15(20-10-13(22)21(2)3)19-9-11-7-5-6-8-12(11)23-14(16)17;/h5-8,14H,4,9-10H2,1-3H3,(H2,18,19,20);1H. The van der Waals surface area contributed by atoms with Crippen LogP contribution in [0.3, 0.4) is 0 Å². The molecule has 6 nitrogen and oxygen atoms in total. The minimum atomic E-state index is -2.88. The van der Waals surface area contributed by atoms with Gasteiger partial charge in [0.25, 0.3) is 0 Å². The van der Waals surface area contributed by atoms with Crippen LogP contribution in [-0.2, 0) is 11.3 Å². The van der Waals surface area contributed by atoms with Crippen molar-refractivity contribution < 1.29 is 18.3 Å². The van der Waals surface area contributed by atoms with E-state index in [-0.39, 0.29) is 48.7 Å². The molecule has 1 rings (SSSR count). The zero-order chi connectivity index (χ0) is 17.2. The number of hydrogen-bond donors (Lipinski definition) is 2. The van der Waals surface area contributed by atoms with Crippen LogP contribution in [0, 0.1) is 0 Å². The first-order chi connectivity index (χ1) is 10.9. The summed E-state index contributed by atoms with van der Waals surface area (Å²) < 4.78 is 29.2. The van der Waals surface area contributed by atoms with Gasteiger partial charge in [-0.3, -0.25) is 4.79 Å². The number of ether oxygens (including phenoxy) is 1. The van der Waals surface area contributed by atoms with E-state index in [2.05, 4.69) is 20.4 Å². The molecule has 24 heavy (non-hydrogen) atoms. The van der Waals surface area contributed by atoms with Crippen LogP contribution in [0.1, 0.15) is 12.5 Å². The lowest BCUT2D eigenvalue weighted by Crippen LogP contribution is -2.42. The Balaban J connectivity index is 0.00000529. The predicted octanol–water partition coefficient (Wildman–Crippen LogP) is 2.05. The number of carbonyl (C=O) groups is 1. The maximum Gasteiger partial charge on any atom is 0.387 e. The van der Waals surface area contributed by atoms with Gasteiger partial charge in [0.2, 0.25) is 5.91 Å². The highest BCUT2D eigenvalue weighted by atomic mass is 127. The molecule has 0 aliphatic carbocycles. The molecule has 0 fully saturated rings. The Bertz CT molecular complexity index is 542. The Hall–Kier alpha value is -1.65. The van der Waals surface area contributed by atoms with Crippen molar-refractivity contribution in [3.8, 4) is 5.75 Å². The Labute approximate surface area is 157 Å². The molecule has 0 spiro atoms. The highest BCUT2D eigenvalue weighted by Crippen LogP contribution is 2.20. The van der Waals surface area contributed by atoms with Crippen LogP contribution in [0.15, 0.2) is 29.3 Å². The molecule has 0 aromatic heterocycles. The summed E-state index contributed by atoms with van der Waals surface area (Å²) >= 11 is 0. The van der Waals surface area contributed by atoms with Crippen molar-refractivity contribution in [2.24, 2.45) is 4.99 Å². The number of nitrogens with one attached hydrogen (secondary N) is 2. The third-order valence-electron chi connectivity index (χ3n) is 2.85. The van der Waals surface area contributed by atoms with E-state index >= 15 is 0 Å². The molecule has 0 saturated carbocycles. The Morgan fingerprint density at radius 2 is 1.96 bits per heavy atom. The molecule has 0 radical (unpaired) electrons. The lowest BCUT2D eigenvalue weighted by Gasteiger charge is -2.14. The summed E-state index contributed by atoms with van der Waals surface area (Å²) in [6.45, 7) is -0.150. The van der Waals surface area contributed by atoms with Gasteiger partial charge in [-0.25, -0.2) is 4.99 Å². The van der Waals surface area contributed by atoms with E-state index in [1.807, 2.05) is 6.92 Å². The average molecular weight is 456 g/mol. The fourth-order valence-electron chi connectivity index (χ4n) is 1.67. The summed E-state index contributed by atoms with van der Waals surface area (Å²) in [5.74, 6) is 0.415. The minimum absolute atomic E-state index is 0. The van der Waals surface area contributed by atoms with Crippen LogP contribution in [0.2, 0.25) is 0 Å². The first-order valence-corrected chi connectivity index (χ1v) is 7.19. The van der Waals surface area contributed by atoms with Gasteiger partial charge in [-0.15, -0.1) is 24.0 Å². The Kier molecular flexibility index (Phi) is 11.0. The summed E-state index contributed by atoms with van der Waals surface area (Å²) in [4.78, 5) is 17.3. The molecule has 0 aliphatic heterocycles. The van der Waals surface area contributed by atoms with Crippen molar-refractivity contribution in [3.63, 3.8) is 0 Å².